The van der Waals surface area contributed by atoms with E-state index in [0.717, 1.165) is 28.1 Å². The van der Waals surface area contributed by atoms with Crippen LogP contribution in [0.15, 0.2) is 41.4 Å². The molecule has 0 spiro atoms. The quantitative estimate of drug-likeness (QED) is 0.706. The standard InChI is InChI=1S/C22H24ClN3O2S/c1-5-26-21(28)18(12-19(27)25-20-14(3)7-6-8-15(20)4)29-22(26)24-17-11-16(23)10-9-13(17)2/h6-11,18H,5,12H2,1-4H3,(H,25,27)/t18-/m1/s1. The zero-order valence-electron chi connectivity index (χ0n) is 17.0. The molecule has 7 heteroatoms. The maximum absolute atomic E-state index is 12.8. The predicted octanol–water partition coefficient (Wildman–Crippen LogP) is 5.25. The third-order valence-corrected chi connectivity index (χ3v) is 6.25. The predicted molar refractivity (Wildman–Crippen MR) is 121 cm³/mol. The number of aryl methyl sites for hydroxylation is 3. The van der Waals surface area contributed by atoms with Crippen molar-refractivity contribution in [3.63, 3.8) is 0 Å². The molecule has 2 amide bonds. The summed E-state index contributed by atoms with van der Waals surface area (Å²) >= 11 is 7.42. The summed E-state index contributed by atoms with van der Waals surface area (Å²) in [7, 11) is 0. The van der Waals surface area contributed by atoms with Crippen molar-refractivity contribution in [2.45, 2.75) is 39.4 Å². The maximum Gasteiger partial charge on any atom is 0.242 e. The number of hydrogen-bond acceptors (Lipinski definition) is 4. The number of rotatable bonds is 5. The molecular weight excluding hydrogens is 406 g/mol. The van der Waals surface area contributed by atoms with E-state index in [-0.39, 0.29) is 18.2 Å². The molecule has 5 nitrogen and oxygen atoms in total. The van der Waals surface area contributed by atoms with E-state index in [1.807, 2.05) is 58.0 Å². The van der Waals surface area contributed by atoms with Crippen LogP contribution < -0.4 is 5.32 Å². The third-order valence-electron chi connectivity index (χ3n) is 4.84. The van der Waals surface area contributed by atoms with Crippen LogP contribution >= 0.6 is 23.4 Å². The summed E-state index contributed by atoms with van der Waals surface area (Å²) in [5, 5.41) is 3.67. The van der Waals surface area contributed by atoms with Gasteiger partial charge in [-0.2, -0.15) is 0 Å². The van der Waals surface area contributed by atoms with Crippen molar-refractivity contribution in [1.82, 2.24) is 4.90 Å². The Kier molecular flexibility index (Phi) is 6.65. The molecule has 3 rings (SSSR count). The summed E-state index contributed by atoms with van der Waals surface area (Å²) in [4.78, 5) is 31.7. The van der Waals surface area contributed by atoms with Crippen LogP contribution in [0.4, 0.5) is 11.4 Å². The lowest BCUT2D eigenvalue weighted by Gasteiger charge is -2.14. The number of nitrogens with zero attached hydrogens (tertiary/aromatic N) is 2. The van der Waals surface area contributed by atoms with Gasteiger partial charge in [-0.15, -0.1) is 0 Å². The molecule has 1 aliphatic rings. The average molecular weight is 430 g/mol. The van der Waals surface area contributed by atoms with Crippen molar-refractivity contribution >= 4 is 51.7 Å². The second-order valence-electron chi connectivity index (χ2n) is 7.03. The highest BCUT2D eigenvalue weighted by molar-refractivity contribution is 8.15. The zero-order valence-corrected chi connectivity index (χ0v) is 18.5. The highest BCUT2D eigenvalue weighted by atomic mass is 35.5. The molecule has 0 unspecified atom stereocenters. The lowest BCUT2D eigenvalue weighted by Crippen LogP contribution is -2.33. The number of thioether (sulfide) groups is 1. The number of para-hydroxylation sites is 1. The van der Waals surface area contributed by atoms with Gasteiger partial charge in [0.1, 0.15) is 5.25 Å². The van der Waals surface area contributed by atoms with E-state index in [1.54, 1.807) is 11.0 Å². The molecule has 0 bridgehead atoms. The Balaban J connectivity index is 1.77. The number of nitrogens with one attached hydrogen (secondary N) is 1. The number of aliphatic imine (C=N–C) groups is 1. The van der Waals surface area contributed by atoms with E-state index in [1.165, 1.54) is 11.8 Å². The van der Waals surface area contributed by atoms with Gasteiger partial charge in [0.2, 0.25) is 11.8 Å². The molecule has 152 valence electrons. The minimum Gasteiger partial charge on any atom is -0.326 e. The van der Waals surface area contributed by atoms with Crippen molar-refractivity contribution in [3.05, 3.63) is 58.1 Å². The number of carbonyl (C=O) groups excluding carboxylic acids is 2. The molecule has 1 N–H and O–H groups in total. The van der Waals surface area contributed by atoms with Gasteiger partial charge in [-0.1, -0.05) is 47.6 Å². The van der Waals surface area contributed by atoms with Gasteiger partial charge in [0, 0.05) is 23.7 Å². The molecule has 1 heterocycles. The lowest BCUT2D eigenvalue weighted by molar-refractivity contribution is -0.128. The maximum atomic E-state index is 12.8. The Morgan fingerprint density at radius 2 is 1.86 bits per heavy atom. The summed E-state index contributed by atoms with van der Waals surface area (Å²) < 4.78 is 0. The van der Waals surface area contributed by atoms with Gasteiger partial charge in [0.25, 0.3) is 0 Å². The van der Waals surface area contributed by atoms with Gasteiger partial charge in [-0.3, -0.25) is 14.5 Å². The van der Waals surface area contributed by atoms with Gasteiger partial charge in [-0.05, 0) is 56.5 Å². The molecule has 29 heavy (non-hydrogen) atoms. The molecule has 1 atom stereocenters. The summed E-state index contributed by atoms with van der Waals surface area (Å²) in [6.07, 6.45) is 0.0985. The van der Waals surface area contributed by atoms with E-state index in [0.29, 0.717) is 16.7 Å². The number of anilines is 1. The van der Waals surface area contributed by atoms with Crippen molar-refractivity contribution in [3.8, 4) is 0 Å². The Morgan fingerprint density at radius 3 is 2.52 bits per heavy atom. The van der Waals surface area contributed by atoms with Gasteiger partial charge in [0.05, 0.1) is 5.69 Å². The molecule has 1 saturated heterocycles. The summed E-state index contributed by atoms with van der Waals surface area (Å²) in [6, 6.07) is 11.4. The highest BCUT2D eigenvalue weighted by Gasteiger charge is 2.38. The van der Waals surface area contributed by atoms with Crippen LogP contribution in [0.25, 0.3) is 0 Å². The Hall–Kier alpha value is -2.31. The van der Waals surface area contributed by atoms with Crippen LogP contribution in [0, 0.1) is 20.8 Å². The zero-order chi connectivity index (χ0) is 21.1. The largest absolute Gasteiger partial charge is 0.326 e. The van der Waals surface area contributed by atoms with Crippen LogP contribution in [0.3, 0.4) is 0 Å². The summed E-state index contributed by atoms with van der Waals surface area (Å²) in [5.41, 5.74) is 4.51. The minimum atomic E-state index is -0.488. The Morgan fingerprint density at radius 1 is 1.17 bits per heavy atom. The first-order valence-corrected chi connectivity index (χ1v) is 10.7. The molecular formula is C22H24ClN3O2S. The van der Waals surface area contributed by atoms with Crippen LogP contribution in [0.2, 0.25) is 5.02 Å². The second-order valence-corrected chi connectivity index (χ2v) is 8.64. The SMILES string of the molecule is CCN1C(=O)[C@@H](CC(=O)Nc2c(C)cccc2C)SC1=Nc1cc(Cl)ccc1C. The van der Waals surface area contributed by atoms with Gasteiger partial charge < -0.3 is 5.32 Å². The fourth-order valence-electron chi connectivity index (χ4n) is 3.19. The van der Waals surface area contributed by atoms with Crippen molar-refractivity contribution in [1.29, 1.82) is 0 Å². The number of amides is 2. The summed E-state index contributed by atoms with van der Waals surface area (Å²) in [5.74, 6) is -0.267. The number of hydrogen-bond donors (Lipinski definition) is 1. The molecule has 0 aromatic heterocycles. The van der Waals surface area contributed by atoms with E-state index in [4.69, 9.17) is 11.6 Å². The monoisotopic (exact) mass is 429 g/mol. The second kappa shape index (κ2) is 9.01. The Labute approximate surface area is 180 Å². The average Bonchev–Trinajstić information content (AvgIpc) is 2.95. The van der Waals surface area contributed by atoms with Crippen LogP contribution in [0.5, 0.6) is 0 Å². The van der Waals surface area contributed by atoms with Gasteiger partial charge >= 0.3 is 0 Å². The molecule has 0 aliphatic carbocycles. The number of carbonyl (C=O) groups is 2. The lowest BCUT2D eigenvalue weighted by atomic mass is 10.1. The minimum absolute atomic E-state index is 0.0902. The van der Waals surface area contributed by atoms with Crippen LogP contribution in [0.1, 0.15) is 30.0 Å². The Bertz CT molecular complexity index is 970. The molecule has 0 saturated carbocycles. The van der Waals surface area contributed by atoms with E-state index in [2.05, 4.69) is 10.3 Å². The van der Waals surface area contributed by atoms with Crippen molar-refractivity contribution in [2.24, 2.45) is 4.99 Å². The van der Waals surface area contributed by atoms with E-state index >= 15 is 0 Å². The fourth-order valence-corrected chi connectivity index (χ4v) is 4.57. The van der Waals surface area contributed by atoms with Crippen molar-refractivity contribution < 1.29 is 9.59 Å². The van der Waals surface area contributed by atoms with Gasteiger partial charge in [0.15, 0.2) is 5.17 Å². The number of amidine groups is 1. The topological polar surface area (TPSA) is 61.8 Å². The first-order valence-electron chi connectivity index (χ1n) is 9.49. The summed E-state index contributed by atoms with van der Waals surface area (Å²) in [6.45, 7) is 8.25. The molecule has 0 radical (unpaired) electrons. The first kappa shape index (κ1) is 21.4. The molecule has 1 aliphatic heterocycles. The van der Waals surface area contributed by atoms with Crippen molar-refractivity contribution in [2.75, 3.05) is 11.9 Å². The normalized spacial score (nSPS) is 17.8. The van der Waals surface area contributed by atoms with E-state index in [9.17, 15) is 9.59 Å². The van der Waals surface area contributed by atoms with E-state index < -0.39 is 5.25 Å². The number of halogens is 1. The molecule has 2 aromatic carbocycles. The van der Waals surface area contributed by atoms with Crippen LogP contribution in [-0.2, 0) is 9.59 Å². The van der Waals surface area contributed by atoms with Crippen LogP contribution in [-0.4, -0.2) is 33.7 Å². The van der Waals surface area contributed by atoms with Gasteiger partial charge in [-0.25, -0.2) is 4.99 Å². The fraction of sp³-hybridized carbons (Fsp3) is 0.318. The smallest absolute Gasteiger partial charge is 0.242 e. The molecule has 1 fully saturated rings. The first-order chi connectivity index (χ1) is 13.8. The number of benzene rings is 2. The third kappa shape index (κ3) is 4.82. The highest BCUT2D eigenvalue weighted by Crippen LogP contribution is 2.33. The molecule has 2 aromatic rings.